The lowest BCUT2D eigenvalue weighted by Gasteiger charge is -2.30. The van der Waals surface area contributed by atoms with Gasteiger partial charge in [-0.15, -0.1) is 0 Å². The molecule has 0 amide bonds. The first kappa shape index (κ1) is 16.6. The molecule has 3 aromatic rings. The number of ether oxygens (including phenoxy) is 2. The summed E-state index contributed by atoms with van der Waals surface area (Å²) < 4.78 is 12.7. The zero-order chi connectivity index (χ0) is 18.1. The highest BCUT2D eigenvalue weighted by Crippen LogP contribution is 2.37. The van der Waals surface area contributed by atoms with E-state index in [-0.39, 0.29) is 17.6 Å². The van der Waals surface area contributed by atoms with Crippen molar-refractivity contribution in [2.45, 2.75) is 24.9 Å². The molecule has 0 aromatic carbocycles. The Labute approximate surface area is 149 Å². The molecule has 0 spiro atoms. The van der Waals surface area contributed by atoms with Gasteiger partial charge in [0.2, 0.25) is 5.88 Å². The van der Waals surface area contributed by atoms with Gasteiger partial charge in [0.1, 0.15) is 17.7 Å². The first-order chi connectivity index (χ1) is 12.7. The normalized spacial score (nSPS) is 20.2. The molecule has 0 unspecified atom stereocenters. The minimum Gasteiger partial charge on any atom is -0.481 e. The van der Waals surface area contributed by atoms with E-state index in [0.717, 1.165) is 24.2 Å². The Hall–Kier alpha value is -2.87. The van der Waals surface area contributed by atoms with Gasteiger partial charge in [-0.25, -0.2) is 19.9 Å². The molecule has 1 aliphatic rings. The van der Waals surface area contributed by atoms with Crippen LogP contribution in [0.15, 0.2) is 35.6 Å². The fourth-order valence-corrected chi connectivity index (χ4v) is 3.40. The summed E-state index contributed by atoms with van der Waals surface area (Å²) in [5, 5.41) is 0. The summed E-state index contributed by atoms with van der Waals surface area (Å²) in [6.07, 6.45) is 6.10. The van der Waals surface area contributed by atoms with Gasteiger partial charge in [0.15, 0.2) is 5.52 Å². The summed E-state index contributed by atoms with van der Waals surface area (Å²) in [4.78, 5) is 29.5. The second-order valence-corrected chi connectivity index (χ2v) is 6.30. The van der Waals surface area contributed by atoms with Crippen molar-refractivity contribution in [3.8, 4) is 5.88 Å². The van der Waals surface area contributed by atoms with E-state index in [1.165, 1.54) is 6.33 Å². The molecule has 1 saturated heterocycles. The van der Waals surface area contributed by atoms with Crippen LogP contribution < -0.4 is 10.3 Å². The van der Waals surface area contributed by atoms with Crippen LogP contribution in [0.3, 0.4) is 0 Å². The van der Waals surface area contributed by atoms with Crippen molar-refractivity contribution in [2.75, 3.05) is 13.7 Å². The number of nitrogens with zero attached hydrogens (tertiary/aromatic N) is 5. The number of aromatic nitrogens is 5. The molecule has 0 bridgehead atoms. The largest absolute Gasteiger partial charge is 0.481 e. The van der Waals surface area contributed by atoms with E-state index in [1.54, 1.807) is 31.1 Å². The Morgan fingerprint density at radius 1 is 1.35 bits per heavy atom. The van der Waals surface area contributed by atoms with Gasteiger partial charge in [0, 0.05) is 31.8 Å². The first-order valence-corrected chi connectivity index (χ1v) is 8.45. The average molecular weight is 353 g/mol. The molecule has 134 valence electrons. The molecule has 0 aliphatic carbocycles. The topological polar surface area (TPSA) is 92.0 Å². The number of hydrogen-bond acceptors (Lipinski definition) is 7. The second-order valence-electron chi connectivity index (χ2n) is 6.30. The van der Waals surface area contributed by atoms with Gasteiger partial charge in [0.25, 0.3) is 5.56 Å². The summed E-state index contributed by atoms with van der Waals surface area (Å²) in [5.41, 5.74) is 1.73. The highest BCUT2D eigenvalue weighted by molar-refractivity contribution is 5.71. The van der Waals surface area contributed by atoms with Gasteiger partial charge >= 0.3 is 0 Å². The molecule has 8 heteroatoms. The molecule has 0 N–H and O–H groups in total. The van der Waals surface area contributed by atoms with Crippen molar-refractivity contribution in [1.82, 2.24) is 24.5 Å². The third-order valence-electron chi connectivity index (χ3n) is 4.77. The smallest absolute Gasteiger partial charge is 0.279 e. The molecule has 0 saturated carbocycles. The minimum absolute atomic E-state index is 0.0923. The van der Waals surface area contributed by atoms with Gasteiger partial charge in [-0.05, 0) is 24.5 Å². The maximum absolute atomic E-state index is 12.6. The maximum Gasteiger partial charge on any atom is 0.279 e. The molecule has 3 aromatic heterocycles. The SMILES string of the molecule is COc1cc([C@H]2C[C@@H](c3nc4cncnc4c(=O)n3C)CCO2)ccn1. The van der Waals surface area contributed by atoms with Crippen LogP contribution in [0.25, 0.3) is 11.0 Å². The molecular weight excluding hydrogens is 334 g/mol. The van der Waals surface area contributed by atoms with Gasteiger partial charge in [-0.1, -0.05) is 0 Å². The molecule has 1 aliphatic heterocycles. The molecule has 0 radical (unpaired) electrons. The van der Waals surface area contributed by atoms with Crippen molar-refractivity contribution in [3.05, 3.63) is 52.6 Å². The van der Waals surface area contributed by atoms with Gasteiger partial charge in [-0.2, -0.15) is 0 Å². The number of methoxy groups -OCH3 is 1. The van der Waals surface area contributed by atoms with E-state index in [1.807, 2.05) is 12.1 Å². The first-order valence-electron chi connectivity index (χ1n) is 8.45. The van der Waals surface area contributed by atoms with Crippen LogP contribution in [0.5, 0.6) is 5.88 Å². The highest BCUT2D eigenvalue weighted by Gasteiger charge is 2.28. The van der Waals surface area contributed by atoms with Gasteiger partial charge in [-0.3, -0.25) is 9.36 Å². The lowest BCUT2D eigenvalue weighted by molar-refractivity contribution is 0.00326. The summed E-state index contributed by atoms with van der Waals surface area (Å²) in [6, 6.07) is 3.81. The number of hydrogen-bond donors (Lipinski definition) is 0. The number of rotatable bonds is 3. The Balaban J connectivity index is 1.69. The van der Waals surface area contributed by atoms with E-state index >= 15 is 0 Å². The van der Waals surface area contributed by atoms with Gasteiger partial charge < -0.3 is 9.47 Å². The number of pyridine rings is 1. The third-order valence-corrected chi connectivity index (χ3v) is 4.77. The number of fused-ring (bicyclic) bond motifs is 1. The van der Waals surface area contributed by atoms with Crippen LogP contribution in [0.2, 0.25) is 0 Å². The zero-order valence-corrected chi connectivity index (χ0v) is 14.6. The molecule has 4 heterocycles. The molecule has 2 atom stereocenters. The molecule has 4 rings (SSSR count). The predicted molar refractivity (Wildman–Crippen MR) is 94.0 cm³/mol. The maximum atomic E-state index is 12.6. The fraction of sp³-hybridized carbons (Fsp3) is 0.389. The van der Waals surface area contributed by atoms with Crippen LogP contribution in [0.1, 0.15) is 36.3 Å². The lowest BCUT2D eigenvalue weighted by atomic mass is 9.91. The Morgan fingerprint density at radius 2 is 2.23 bits per heavy atom. The van der Waals surface area contributed by atoms with Crippen molar-refractivity contribution >= 4 is 11.0 Å². The van der Waals surface area contributed by atoms with Crippen LogP contribution in [-0.2, 0) is 11.8 Å². The van der Waals surface area contributed by atoms with E-state index in [4.69, 9.17) is 9.47 Å². The summed E-state index contributed by atoms with van der Waals surface area (Å²) in [6.45, 7) is 0.596. The molecule has 26 heavy (non-hydrogen) atoms. The van der Waals surface area contributed by atoms with E-state index in [2.05, 4.69) is 19.9 Å². The average Bonchev–Trinajstić information content (AvgIpc) is 2.71. The predicted octanol–water partition coefficient (Wildman–Crippen LogP) is 1.76. The van der Waals surface area contributed by atoms with E-state index in [0.29, 0.717) is 23.5 Å². The minimum atomic E-state index is -0.152. The van der Waals surface area contributed by atoms with Crippen LogP contribution in [0.4, 0.5) is 0 Å². The summed E-state index contributed by atoms with van der Waals surface area (Å²) in [5.74, 6) is 1.41. The van der Waals surface area contributed by atoms with Crippen molar-refractivity contribution in [3.63, 3.8) is 0 Å². The zero-order valence-electron chi connectivity index (χ0n) is 14.6. The Morgan fingerprint density at radius 3 is 3.08 bits per heavy atom. The summed E-state index contributed by atoms with van der Waals surface area (Å²) >= 11 is 0. The quantitative estimate of drug-likeness (QED) is 0.708. The fourth-order valence-electron chi connectivity index (χ4n) is 3.40. The van der Waals surface area contributed by atoms with Crippen molar-refractivity contribution in [2.24, 2.45) is 7.05 Å². The van der Waals surface area contributed by atoms with E-state index in [9.17, 15) is 4.79 Å². The third kappa shape index (κ3) is 2.92. The monoisotopic (exact) mass is 353 g/mol. The lowest BCUT2D eigenvalue weighted by Crippen LogP contribution is -2.28. The van der Waals surface area contributed by atoms with Crippen LogP contribution in [0, 0.1) is 0 Å². The highest BCUT2D eigenvalue weighted by atomic mass is 16.5. The second kappa shape index (κ2) is 6.80. The van der Waals surface area contributed by atoms with Crippen molar-refractivity contribution < 1.29 is 9.47 Å². The van der Waals surface area contributed by atoms with Gasteiger partial charge in [0.05, 0.1) is 19.4 Å². The van der Waals surface area contributed by atoms with Crippen LogP contribution in [-0.4, -0.2) is 38.2 Å². The molecule has 1 fully saturated rings. The van der Waals surface area contributed by atoms with E-state index < -0.39 is 0 Å². The van der Waals surface area contributed by atoms with Crippen molar-refractivity contribution in [1.29, 1.82) is 0 Å². The molecular formula is C18H19N5O3. The Bertz CT molecular complexity index is 1000. The summed E-state index contributed by atoms with van der Waals surface area (Å²) in [7, 11) is 3.33. The van der Waals surface area contributed by atoms with Crippen LogP contribution >= 0.6 is 0 Å². The Kier molecular flexibility index (Phi) is 4.34. The molecule has 8 nitrogen and oxygen atoms in total. The standard InChI is InChI=1S/C18H19N5O3/c1-23-17(22-13-9-19-10-21-16(13)18(23)24)12-4-6-26-14(7-12)11-3-5-20-15(8-11)25-2/h3,5,8-10,12,14H,4,6-7H2,1-2H3/t12-,14+/m0/s1.